The van der Waals surface area contributed by atoms with E-state index in [0.29, 0.717) is 18.6 Å². The molecule has 7 nitrogen and oxygen atoms in total. The monoisotopic (exact) mass is 351 g/mol. The Morgan fingerprint density at radius 3 is 2.69 bits per heavy atom. The lowest BCUT2D eigenvalue weighted by molar-refractivity contribution is 0.0942. The molecule has 0 unspecified atom stereocenters. The van der Waals surface area contributed by atoms with Crippen molar-refractivity contribution in [1.29, 1.82) is 0 Å². The molecular weight excluding hydrogens is 330 g/mol. The van der Waals surface area contributed by atoms with Gasteiger partial charge in [-0.3, -0.25) is 19.0 Å². The van der Waals surface area contributed by atoms with Crippen LogP contribution >= 0.6 is 0 Å². The van der Waals surface area contributed by atoms with E-state index in [1.807, 2.05) is 24.3 Å². The lowest BCUT2D eigenvalue weighted by Crippen LogP contribution is -2.27. The minimum Gasteiger partial charge on any atom is -0.349 e. The molecule has 3 aromatic heterocycles. The fraction of sp³-hybridized carbons (Fsp3) is 0.263. The smallest absolute Gasteiger partial charge is 0.287 e. The number of pyridine rings is 2. The van der Waals surface area contributed by atoms with Gasteiger partial charge < -0.3 is 10.6 Å². The number of carbonyl (C=O) groups excluding carboxylic acids is 2. The third-order valence-corrected chi connectivity index (χ3v) is 3.94. The van der Waals surface area contributed by atoms with Crippen molar-refractivity contribution in [3.8, 4) is 0 Å². The Bertz CT molecular complexity index is 905. The van der Waals surface area contributed by atoms with Crippen molar-refractivity contribution in [2.45, 2.75) is 26.3 Å². The second-order valence-corrected chi connectivity index (χ2v) is 5.85. The van der Waals surface area contributed by atoms with Crippen molar-refractivity contribution in [3.05, 3.63) is 66.0 Å². The minimum absolute atomic E-state index is 0.208. The predicted molar refractivity (Wildman–Crippen MR) is 97.8 cm³/mol. The second-order valence-electron chi connectivity index (χ2n) is 5.85. The van der Waals surface area contributed by atoms with Crippen molar-refractivity contribution in [2.24, 2.45) is 0 Å². The number of amides is 2. The van der Waals surface area contributed by atoms with E-state index in [2.05, 4.69) is 27.5 Å². The Morgan fingerprint density at radius 1 is 1.08 bits per heavy atom. The highest BCUT2D eigenvalue weighted by atomic mass is 16.2. The van der Waals surface area contributed by atoms with Crippen LogP contribution in [0.5, 0.6) is 0 Å². The summed E-state index contributed by atoms with van der Waals surface area (Å²) in [6.07, 6.45) is 5.29. The lowest BCUT2D eigenvalue weighted by Gasteiger charge is -2.03. The molecular formula is C19H21N5O2. The molecule has 0 aromatic carbocycles. The third-order valence-electron chi connectivity index (χ3n) is 3.94. The quantitative estimate of drug-likeness (QED) is 0.639. The first-order valence-corrected chi connectivity index (χ1v) is 8.64. The summed E-state index contributed by atoms with van der Waals surface area (Å²) < 4.78 is 1.64. The Morgan fingerprint density at radius 2 is 1.92 bits per heavy atom. The van der Waals surface area contributed by atoms with Gasteiger partial charge in [0, 0.05) is 18.9 Å². The average Bonchev–Trinajstić information content (AvgIpc) is 3.07. The lowest BCUT2D eigenvalue weighted by atomic mass is 10.3. The van der Waals surface area contributed by atoms with Crippen LogP contribution in [0, 0.1) is 0 Å². The number of carbonyl (C=O) groups is 2. The molecule has 3 heterocycles. The summed E-state index contributed by atoms with van der Waals surface area (Å²) in [6, 6.07) is 10.9. The van der Waals surface area contributed by atoms with E-state index >= 15 is 0 Å². The van der Waals surface area contributed by atoms with Crippen molar-refractivity contribution < 1.29 is 9.59 Å². The maximum atomic E-state index is 12.6. The number of unbranched alkanes of at least 4 members (excludes halogenated alkanes) is 1. The van der Waals surface area contributed by atoms with E-state index in [1.54, 1.807) is 28.9 Å². The number of aromatic nitrogens is 3. The van der Waals surface area contributed by atoms with Crippen LogP contribution < -0.4 is 10.6 Å². The number of imidazole rings is 1. The topological polar surface area (TPSA) is 88.4 Å². The van der Waals surface area contributed by atoms with Crippen LogP contribution in [0.2, 0.25) is 0 Å². The van der Waals surface area contributed by atoms with Gasteiger partial charge in [-0.15, -0.1) is 0 Å². The Labute approximate surface area is 151 Å². The van der Waals surface area contributed by atoms with Crippen LogP contribution in [0.1, 0.15) is 46.6 Å². The molecule has 2 amide bonds. The molecule has 0 bridgehead atoms. The van der Waals surface area contributed by atoms with Gasteiger partial charge in [0.2, 0.25) is 5.82 Å². The van der Waals surface area contributed by atoms with E-state index in [9.17, 15) is 9.59 Å². The second kappa shape index (κ2) is 8.24. The van der Waals surface area contributed by atoms with Gasteiger partial charge in [-0.05, 0) is 30.7 Å². The number of nitrogens with one attached hydrogen (secondary N) is 2. The molecule has 134 valence electrons. The van der Waals surface area contributed by atoms with Crippen LogP contribution in [-0.2, 0) is 6.54 Å². The number of nitrogens with zero attached hydrogens (tertiary/aromatic N) is 3. The summed E-state index contributed by atoms with van der Waals surface area (Å²) in [5, 5.41) is 5.64. The van der Waals surface area contributed by atoms with Gasteiger partial charge in [0.15, 0.2) is 5.69 Å². The molecule has 0 aliphatic rings. The van der Waals surface area contributed by atoms with Gasteiger partial charge >= 0.3 is 0 Å². The number of hydrogen-bond donors (Lipinski definition) is 2. The molecule has 0 radical (unpaired) electrons. The first-order chi connectivity index (χ1) is 12.7. The Balaban J connectivity index is 1.81. The normalized spacial score (nSPS) is 10.7. The van der Waals surface area contributed by atoms with Gasteiger partial charge in [0.25, 0.3) is 11.8 Å². The zero-order chi connectivity index (χ0) is 18.4. The number of fused-ring (bicyclic) bond motifs is 1. The molecule has 26 heavy (non-hydrogen) atoms. The first-order valence-electron chi connectivity index (χ1n) is 8.64. The van der Waals surface area contributed by atoms with Crippen LogP contribution in [0.3, 0.4) is 0 Å². The summed E-state index contributed by atoms with van der Waals surface area (Å²) in [7, 11) is 0. The highest BCUT2D eigenvalue weighted by Crippen LogP contribution is 2.13. The fourth-order valence-corrected chi connectivity index (χ4v) is 2.58. The van der Waals surface area contributed by atoms with Crippen molar-refractivity contribution in [1.82, 2.24) is 25.0 Å². The zero-order valence-electron chi connectivity index (χ0n) is 14.6. The molecule has 0 aliphatic carbocycles. The van der Waals surface area contributed by atoms with Crippen LogP contribution in [0.25, 0.3) is 5.52 Å². The predicted octanol–water partition coefficient (Wildman–Crippen LogP) is 2.19. The summed E-state index contributed by atoms with van der Waals surface area (Å²) in [4.78, 5) is 33.5. The molecule has 0 atom stereocenters. The van der Waals surface area contributed by atoms with E-state index in [1.165, 1.54) is 0 Å². The highest BCUT2D eigenvalue weighted by molar-refractivity contribution is 6.02. The van der Waals surface area contributed by atoms with Crippen molar-refractivity contribution in [3.63, 3.8) is 0 Å². The van der Waals surface area contributed by atoms with Crippen molar-refractivity contribution in [2.75, 3.05) is 6.54 Å². The third kappa shape index (κ3) is 3.88. The molecule has 3 rings (SSSR count). The van der Waals surface area contributed by atoms with Crippen LogP contribution in [0.4, 0.5) is 0 Å². The number of hydrogen-bond acceptors (Lipinski definition) is 4. The molecule has 2 N–H and O–H groups in total. The molecule has 0 aliphatic heterocycles. The van der Waals surface area contributed by atoms with Gasteiger partial charge in [0.05, 0.1) is 17.8 Å². The summed E-state index contributed by atoms with van der Waals surface area (Å²) >= 11 is 0. The van der Waals surface area contributed by atoms with Gasteiger partial charge in [0.1, 0.15) is 0 Å². The standard InChI is InChI=1S/C19H21N5O2/c1-2-3-10-21-19(26)17-23-16(15-9-5-7-12-24(15)17)18(25)22-13-14-8-4-6-11-20-14/h4-9,11-12H,2-3,10,13H2,1H3,(H,21,26)(H,22,25). The maximum absolute atomic E-state index is 12.6. The molecule has 0 spiro atoms. The van der Waals surface area contributed by atoms with Gasteiger partial charge in [-0.2, -0.15) is 0 Å². The minimum atomic E-state index is -0.341. The van der Waals surface area contributed by atoms with Crippen LogP contribution in [-0.4, -0.2) is 32.7 Å². The van der Waals surface area contributed by atoms with E-state index in [4.69, 9.17) is 0 Å². The summed E-state index contributed by atoms with van der Waals surface area (Å²) in [5.41, 5.74) is 1.57. The van der Waals surface area contributed by atoms with Crippen molar-refractivity contribution >= 4 is 17.3 Å². The van der Waals surface area contributed by atoms with E-state index in [0.717, 1.165) is 18.5 Å². The molecule has 0 saturated carbocycles. The number of rotatable bonds is 7. The van der Waals surface area contributed by atoms with Gasteiger partial charge in [-0.1, -0.05) is 25.5 Å². The zero-order valence-corrected chi connectivity index (χ0v) is 14.6. The molecule has 3 aromatic rings. The van der Waals surface area contributed by atoms with Crippen LogP contribution in [0.15, 0.2) is 48.8 Å². The molecule has 0 saturated heterocycles. The largest absolute Gasteiger partial charge is 0.349 e. The first kappa shape index (κ1) is 17.6. The Kier molecular flexibility index (Phi) is 5.58. The Hall–Kier alpha value is -3.22. The van der Waals surface area contributed by atoms with Gasteiger partial charge in [-0.25, -0.2) is 4.98 Å². The van der Waals surface area contributed by atoms with E-state index in [-0.39, 0.29) is 23.3 Å². The fourth-order valence-electron chi connectivity index (χ4n) is 2.58. The highest BCUT2D eigenvalue weighted by Gasteiger charge is 2.21. The summed E-state index contributed by atoms with van der Waals surface area (Å²) in [6.45, 7) is 2.93. The molecule has 7 heteroatoms. The average molecular weight is 351 g/mol. The SMILES string of the molecule is CCCCNC(=O)c1nc(C(=O)NCc2ccccn2)c2ccccn12. The molecule has 0 fully saturated rings. The maximum Gasteiger partial charge on any atom is 0.287 e. The summed E-state index contributed by atoms with van der Waals surface area (Å²) in [5.74, 6) is -0.421. The van der Waals surface area contributed by atoms with E-state index < -0.39 is 0 Å².